The van der Waals surface area contributed by atoms with Gasteiger partial charge < -0.3 is 16.2 Å². The molecule has 0 unspecified atom stereocenters. The Morgan fingerprint density at radius 3 is 2.28 bits per heavy atom. The average molecular weight is 242 g/mol. The van der Waals surface area contributed by atoms with Crippen LogP contribution in [0, 0.1) is 6.92 Å². The highest BCUT2D eigenvalue weighted by molar-refractivity contribution is 5.94. The Labute approximate surface area is 105 Å². The third-order valence-electron chi connectivity index (χ3n) is 2.59. The van der Waals surface area contributed by atoms with Gasteiger partial charge in [0.2, 0.25) is 5.91 Å². The van der Waals surface area contributed by atoms with E-state index in [2.05, 4.69) is 0 Å². The molecule has 4 heteroatoms. The number of aryl methyl sites for hydroxylation is 1. The number of hydrogen-bond acceptors (Lipinski definition) is 3. The van der Waals surface area contributed by atoms with Gasteiger partial charge in [0, 0.05) is 11.3 Å². The van der Waals surface area contributed by atoms with E-state index in [1.165, 1.54) is 0 Å². The lowest BCUT2D eigenvalue weighted by Crippen LogP contribution is -2.12. The quantitative estimate of drug-likeness (QED) is 0.811. The van der Waals surface area contributed by atoms with Gasteiger partial charge in [-0.3, -0.25) is 4.79 Å². The lowest BCUT2D eigenvalue weighted by atomic mass is 10.1. The number of carbonyl (C=O) groups is 1. The summed E-state index contributed by atoms with van der Waals surface area (Å²) in [4.78, 5) is 11.2. The summed E-state index contributed by atoms with van der Waals surface area (Å²) in [6, 6.07) is 12.2. The van der Waals surface area contributed by atoms with Crippen LogP contribution in [0.4, 0.5) is 5.69 Å². The number of benzene rings is 2. The molecule has 0 saturated heterocycles. The van der Waals surface area contributed by atoms with Crippen LogP contribution in [0.5, 0.6) is 11.5 Å². The van der Waals surface area contributed by atoms with Crippen LogP contribution in [0.25, 0.3) is 0 Å². The molecule has 4 N–H and O–H groups in total. The molecule has 0 aliphatic heterocycles. The molecule has 18 heavy (non-hydrogen) atoms. The number of carbonyl (C=O) groups excluding carboxylic acids is 1. The molecule has 0 fully saturated rings. The van der Waals surface area contributed by atoms with Crippen LogP contribution in [-0.2, 0) is 0 Å². The van der Waals surface area contributed by atoms with Gasteiger partial charge >= 0.3 is 0 Å². The van der Waals surface area contributed by atoms with Crippen molar-refractivity contribution in [3.8, 4) is 11.5 Å². The van der Waals surface area contributed by atoms with E-state index in [1.54, 1.807) is 42.5 Å². The molecule has 0 spiro atoms. The van der Waals surface area contributed by atoms with Gasteiger partial charge in [-0.25, -0.2) is 0 Å². The molecule has 0 saturated carbocycles. The molecule has 1 amide bonds. The number of nitrogens with two attached hydrogens (primary N) is 2. The zero-order valence-electron chi connectivity index (χ0n) is 10.0. The third kappa shape index (κ3) is 2.60. The van der Waals surface area contributed by atoms with Crippen molar-refractivity contribution in [2.45, 2.75) is 6.92 Å². The van der Waals surface area contributed by atoms with Crippen LogP contribution in [-0.4, -0.2) is 5.91 Å². The summed E-state index contributed by atoms with van der Waals surface area (Å²) >= 11 is 0. The minimum Gasteiger partial charge on any atom is -0.457 e. The zero-order chi connectivity index (χ0) is 13.1. The minimum atomic E-state index is -0.463. The molecule has 0 aromatic heterocycles. The highest BCUT2D eigenvalue weighted by Crippen LogP contribution is 2.24. The smallest absolute Gasteiger partial charge is 0.249 e. The van der Waals surface area contributed by atoms with E-state index < -0.39 is 5.91 Å². The first-order valence-corrected chi connectivity index (χ1v) is 5.50. The maximum absolute atomic E-state index is 11.2. The Morgan fingerprint density at radius 2 is 1.67 bits per heavy atom. The number of nitrogen functional groups attached to an aromatic ring is 1. The van der Waals surface area contributed by atoms with Crippen molar-refractivity contribution in [2.75, 3.05) is 5.73 Å². The van der Waals surface area contributed by atoms with Crippen molar-refractivity contribution in [1.82, 2.24) is 0 Å². The second-order valence-corrected chi connectivity index (χ2v) is 4.01. The van der Waals surface area contributed by atoms with Gasteiger partial charge in [-0.2, -0.15) is 0 Å². The van der Waals surface area contributed by atoms with Gasteiger partial charge in [0.05, 0.1) is 0 Å². The fraction of sp³-hybridized carbons (Fsp3) is 0.0714. The number of hydrogen-bond donors (Lipinski definition) is 2. The van der Waals surface area contributed by atoms with Gasteiger partial charge in [0.25, 0.3) is 0 Å². The minimum absolute atomic E-state index is 0.461. The fourth-order valence-electron chi connectivity index (χ4n) is 1.60. The molecule has 2 aromatic carbocycles. The van der Waals surface area contributed by atoms with Crippen molar-refractivity contribution in [1.29, 1.82) is 0 Å². The topological polar surface area (TPSA) is 78.3 Å². The third-order valence-corrected chi connectivity index (χ3v) is 2.59. The molecule has 0 atom stereocenters. The first kappa shape index (κ1) is 12.0. The molecule has 2 aromatic rings. The van der Waals surface area contributed by atoms with Gasteiger partial charge in [-0.05, 0) is 48.9 Å². The van der Waals surface area contributed by atoms with Crippen LogP contribution in [0.3, 0.4) is 0 Å². The number of ether oxygens (including phenoxy) is 1. The fourth-order valence-corrected chi connectivity index (χ4v) is 1.60. The molecule has 2 rings (SSSR count). The lowest BCUT2D eigenvalue weighted by Gasteiger charge is -2.08. The van der Waals surface area contributed by atoms with Crippen molar-refractivity contribution in [3.63, 3.8) is 0 Å². The molecule has 0 bridgehead atoms. The number of rotatable bonds is 3. The van der Waals surface area contributed by atoms with E-state index in [0.29, 0.717) is 22.7 Å². The summed E-state index contributed by atoms with van der Waals surface area (Å²) in [7, 11) is 0. The molecular formula is C14H14N2O2. The van der Waals surface area contributed by atoms with Crippen molar-refractivity contribution in [3.05, 3.63) is 53.6 Å². The number of anilines is 1. The second kappa shape index (κ2) is 4.79. The van der Waals surface area contributed by atoms with E-state index in [4.69, 9.17) is 16.2 Å². The Bertz CT molecular complexity index is 577. The van der Waals surface area contributed by atoms with Gasteiger partial charge in [0.15, 0.2) is 0 Å². The SMILES string of the molecule is Cc1ccc(Oc2ccc(N)cc2)cc1C(N)=O. The highest BCUT2D eigenvalue weighted by atomic mass is 16.5. The lowest BCUT2D eigenvalue weighted by molar-refractivity contribution is 0.0999. The van der Waals surface area contributed by atoms with E-state index in [9.17, 15) is 4.79 Å². The van der Waals surface area contributed by atoms with Crippen molar-refractivity contribution in [2.24, 2.45) is 5.73 Å². The summed E-state index contributed by atoms with van der Waals surface area (Å²) in [5.41, 5.74) is 12.8. The number of amides is 1. The maximum Gasteiger partial charge on any atom is 0.249 e. The normalized spacial score (nSPS) is 10.1. The first-order valence-electron chi connectivity index (χ1n) is 5.50. The number of primary amides is 1. The van der Waals surface area contributed by atoms with Crippen molar-refractivity contribution >= 4 is 11.6 Å². The summed E-state index contributed by atoms with van der Waals surface area (Å²) < 4.78 is 5.62. The standard InChI is InChI=1S/C14H14N2O2/c1-9-2-5-12(8-13(9)14(16)17)18-11-6-3-10(15)4-7-11/h2-8H,15H2,1H3,(H2,16,17). The summed E-state index contributed by atoms with van der Waals surface area (Å²) in [5, 5.41) is 0. The van der Waals surface area contributed by atoms with E-state index >= 15 is 0 Å². The Balaban J connectivity index is 2.27. The first-order chi connectivity index (χ1) is 8.56. The maximum atomic E-state index is 11.2. The Hall–Kier alpha value is -2.49. The zero-order valence-corrected chi connectivity index (χ0v) is 10.0. The molecule has 0 radical (unpaired) electrons. The molecule has 4 nitrogen and oxygen atoms in total. The molecule has 92 valence electrons. The van der Waals surface area contributed by atoms with Crippen LogP contribution >= 0.6 is 0 Å². The van der Waals surface area contributed by atoms with Crippen LogP contribution in [0.1, 0.15) is 15.9 Å². The van der Waals surface area contributed by atoms with Gasteiger partial charge in [-0.15, -0.1) is 0 Å². The van der Waals surface area contributed by atoms with Crippen LogP contribution < -0.4 is 16.2 Å². The monoisotopic (exact) mass is 242 g/mol. The van der Waals surface area contributed by atoms with Gasteiger partial charge in [-0.1, -0.05) is 6.07 Å². The average Bonchev–Trinajstić information content (AvgIpc) is 2.34. The van der Waals surface area contributed by atoms with E-state index in [1.807, 2.05) is 6.92 Å². The molecule has 0 heterocycles. The largest absolute Gasteiger partial charge is 0.457 e. The summed E-state index contributed by atoms with van der Waals surface area (Å²) in [6.07, 6.45) is 0. The Kier molecular flexibility index (Phi) is 3.19. The molecule has 0 aliphatic rings. The predicted molar refractivity (Wildman–Crippen MR) is 70.6 cm³/mol. The molecule has 0 aliphatic carbocycles. The van der Waals surface area contributed by atoms with Gasteiger partial charge in [0.1, 0.15) is 11.5 Å². The van der Waals surface area contributed by atoms with Crippen LogP contribution in [0.2, 0.25) is 0 Å². The molecular weight excluding hydrogens is 228 g/mol. The second-order valence-electron chi connectivity index (χ2n) is 4.01. The Morgan fingerprint density at radius 1 is 1.06 bits per heavy atom. The van der Waals surface area contributed by atoms with E-state index in [0.717, 1.165) is 5.56 Å². The summed E-state index contributed by atoms with van der Waals surface area (Å²) in [6.45, 7) is 1.83. The predicted octanol–water partition coefficient (Wildman–Crippen LogP) is 2.47. The van der Waals surface area contributed by atoms with Crippen LogP contribution in [0.15, 0.2) is 42.5 Å². The highest BCUT2D eigenvalue weighted by Gasteiger charge is 2.07. The van der Waals surface area contributed by atoms with Crippen molar-refractivity contribution < 1.29 is 9.53 Å². The van der Waals surface area contributed by atoms with E-state index in [-0.39, 0.29) is 0 Å². The summed E-state index contributed by atoms with van der Waals surface area (Å²) in [5.74, 6) is 0.762.